The normalized spacial score (nSPS) is 20.2. The van der Waals surface area contributed by atoms with Crippen molar-refractivity contribution in [2.24, 2.45) is 5.92 Å². The third kappa shape index (κ3) is 3.37. The zero-order valence-electron chi connectivity index (χ0n) is 17.3. The molecule has 0 saturated carbocycles. The van der Waals surface area contributed by atoms with Gasteiger partial charge in [-0.2, -0.15) is 15.0 Å². The fourth-order valence-electron chi connectivity index (χ4n) is 4.29. The van der Waals surface area contributed by atoms with Crippen molar-refractivity contribution in [3.8, 4) is 11.4 Å². The van der Waals surface area contributed by atoms with Gasteiger partial charge in [0.1, 0.15) is 5.75 Å². The number of ether oxygens (including phenoxy) is 1. The smallest absolute Gasteiger partial charge is 0.256 e. The first-order chi connectivity index (χ1) is 15.0. The number of likely N-dealkylation sites (tertiary alicyclic amines) is 1. The molecule has 160 valence electrons. The van der Waals surface area contributed by atoms with E-state index in [-0.39, 0.29) is 11.9 Å². The van der Waals surface area contributed by atoms with Crippen molar-refractivity contribution >= 4 is 11.9 Å². The van der Waals surface area contributed by atoms with Gasteiger partial charge >= 0.3 is 0 Å². The highest BCUT2D eigenvalue weighted by Crippen LogP contribution is 2.36. The van der Waals surface area contributed by atoms with Crippen LogP contribution in [0.15, 0.2) is 36.8 Å². The molecule has 4 heterocycles. The van der Waals surface area contributed by atoms with Crippen molar-refractivity contribution in [3.63, 3.8) is 0 Å². The quantitative estimate of drug-likeness (QED) is 0.633. The van der Waals surface area contributed by atoms with Gasteiger partial charge in [-0.05, 0) is 31.5 Å². The summed E-state index contributed by atoms with van der Waals surface area (Å²) < 4.78 is 18.9. The standard InChI is InChI=1S/C21H22FN7O2/c1-13-17(22)10-23-21(26-13)27-8-5-14-11-28(19(14)12-27)20(30)16-9-15(31-2)3-4-18(16)29-24-6-7-25-29/h3-4,6-7,9-10,14,19H,5,8,11-12H2,1-2H3/t14-,19-/m1/s1. The predicted octanol–water partition coefficient (Wildman–Crippen LogP) is 1.86. The maximum atomic E-state index is 13.6. The van der Waals surface area contributed by atoms with Crippen LogP contribution in [0.3, 0.4) is 0 Å². The Morgan fingerprint density at radius 3 is 2.77 bits per heavy atom. The third-order valence-electron chi connectivity index (χ3n) is 6.07. The Balaban J connectivity index is 1.40. The van der Waals surface area contributed by atoms with Gasteiger partial charge in [0.15, 0.2) is 5.82 Å². The van der Waals surface area contributed by atoms with E-state index in [0.717, 1.165) is 13.0 Å². The highest BCUT2D eigenvalue weighted by atomic mass is 19.1. The number of carbonyl (C=O) groups is 1. The SMILES string of the molecule is COc1ccc(-n2nccn2)c(C(=O)N2C[C@H]3CCN(c4ncc(F)c(C)n4)C[C@H]32)c1. The highest BCUT2D eigenvalue weighted by molar-refractivity contribution is 5.99. The van der Waals surface area contributed by atoms with Gasteiger partial charge < -0.3 is 14.5 Å². The topological polar surface area (TPSA) is 89.3 Å². The molecule has 5 rings (SSSR count). The molecule has 2 fully saturated rings. The minimum absolute atomic E-state index is 0.0415. The van der Waals surface area contributed by atoms with Gasteiger partial charge in [0.2, 0.25) is 5.95 Å². The second-order valence-corrected chi connectivity index (χ2v) is 7.82. The molecule has 0 aliphatic carbocycles. The first-order valence-electron chi connectivity index (χ1n) is 10.1. The predicted molar refractivity (Wildman–Crippen MR) is 110 cm³/mol. The van der Waals surface area contributed by atoms with Crippen LogP contribution in [0.25, 0.3) is 5.69 Å². The molecule has 0 bridgehead atoms. The van der Waals surface area contributed by atoms with Gasteiger partial charge in [0.25, 0.3) is 5.91 Å². The van der Waals surface area contributed by atoms with Crippen molar-refractivity contribution in [1.29, 1.82) is 0 Å². The summed E-state index contributed by atoms with van der Waals surface area (Å²) >= 11 is 0. The third-order valence-corrected chi connectivity index (χ3v) is 6.07. The number of anilines is 1. The second kappa shape index (κ2) is 7.60. The van der Waals surface area contributed by atoms with Gasteiger partial charge in [0, 0.05) is 25.6 Å². The van der Waals surface area contributed by atoms with E-state index in [1.165, 1.54) is 11.0 Å². The van der Waals surface area contributed by atoms with Crippen LogP contribution >= 0.6 is 0 Å². The average molecular weight is 423 g/mol. The molecule has 31 heavy (non-hydrogen) atoms. The van der Waals surface area contributed by atoms with Gasteiger partial charge in [0.05, 0.1) is 48.7 Å². The first-order valence-corrected chi connectivity index (χ1v) is 10.1. The molecule has 9 nitrogen and oxygen atoms in total. The molecule has 0 spiro atoms. The van der Waals surface area contributed by atoms with Crippen LogP contribution in [0.4, 0.5) is 10.3 Å². The molecular weight excluding hydrogens is 401 g/mol. The van der Waals surface area contributed by atoms with Crippen LogP contribution in [0, 0.1) is 18.7 Å². The largest absolute Gasteiger partial charge is 0.497 e. The maximum absolute atomic E-state index is 13.6. The number of methoxy groups -OCH3 is 1. The van der Waals surface area contributed by atoms with Crippen LogP contribution < -0.4 is 9.64 Å². The molecule has 2 atom stereocenters. The number of nitrogens with zero attached hydrogens (tertiary/aromatic N) is 7. The lowest BCUT2D eigenvalue weighted by atomic mass is 9.81. The number of aromatic nitrogens is 5. The monoisotopic (exact) mass is 423 g/mol. The Morgan fingerprint density at radius 2 is 2.03 bits per heavy atom. The zero-order valence-corrected chi connectivity index (χ0v) is 17.3. The van der Waals surface area contributed by atoms with Crippen molar-refractivity contribution in [2.45, 2.75) is 19.4 Å². The molecule has 0 unspecified atom stereocenters. The molecular formula is C21H22FN7O2. The number of benzene rings is 1. The van der Waals surface area contributed by atoms with E-state index in [2.05, 4.69) is 20.2 Å². The van der Waals surface area contributed by atoms with Crippen molar-refractivity contribution in [2.75, 3.05) is 31.6 Å². The molecule has 0 radical (unpaired) electrons. The number of piperidine rings is 1. The Hall–Kier alpha value is -3.56. The van der Waals surface area contributed by atoms with Crippen LogP contribution in [0.1, 0.15) is 22.5 Å². The van der Waals surface area contributed by atoms with E-state index in [1.807, 2.05) is 9.80 Å². The van der Waals surface area contributed by atoms with Crippen LogP contribution in [-0.4, -0.2) is 68.6 Å². The van der Waals surface area contributed by atoms with E-state index in [0.29, 0.717) is 47.7 Å². The lowest BCUT2D eigenvalue weighted by Gasteiger charge is -2.53. The maximum Gasteiger partial charge on any atom is 0.256 e. The number of fused-ring (bicyclic) bond motifs is 1. The van der Waals surface area contributed by atoms with Gasteiger partial charge in [-0.15, -0.1) is 0 Å². The van der Waals surface area contributed by atoms with Gasteiger partial charge in [-0.3, -0.25) is 4.79 Å². The summed E-state index contributed by atoms with van der Waals surface area (Å²) in [5.74, 6) is 1.01. The molecule has 3 aromatic rings. The van der Waals surface area contributed by atoms with Gasteiger partial charge in [-0.25, -0.2) is 14.4 Å². The Bertz CT molecular complexity index is 1120. The van der Waals surface area contributed by atoms with Crippen molar-refractivity contribution in [1.82, 2.24) is 29.9 Å². The lowest BCUT2D eigenvalue weighted by molar-refractivity contribution is 0.00763. The fraction of sp³-hybridized carbons (Fsp3) is 0.381. The minimum Gasteiger partial charge on any atom is -0.497 e. The Labute approximate surface area is 178 Å². The number of hydrogen-bond acceptors (Lipinski definition) is 7. The minimum atomic E-state index is -0.420. The van der Waals surface area contributed by atoms with Gasteiger partial charge in [-0.1, -0.05) is 0 Å². The number of rotatable bonds is 4. The summed E-state index contributed by atoms with van der Waals surface area (Å²) in [5.41, 5.74) is 1.41. The number of carbonyl (C=O) groups excluding carboxylic acids is 1. The summed E-state index contributed by atoms with van der Waals surface area (Å²) in [6.07, 6.45) is 5.27. The molecule has 1 aromatic carbocycles. The van der Waals surface area contributed by atoms with E-state index in [1.54, 1.807) is 44.6 Å². The summed E-state index contributed by atoms with van der Waals surface area (Å²) in [5, 5.41) is 8.35. The van der Waals surface area contributed by atoms with E-state index in [9.17, 15) is 9.18 Å². The number of aryl methyl sites for hydroxylation is 1. The molecule has 0 N–H and O–H groups in total. The summed E-state index contributed by atoms with van der Waals surface area (Å²) in [4.78, 5) is 27.3. The van der Waals surface area contributed by atoms with Crippen molar-refractivity contribution in [3.05, 3.63) is 53.9 Å². The molecule has 10 heteroatoms. The summed E-state index contributed by atoms with van der Waals surface area (Å²) in [6.45, 7) is 3.72. The van der Waals surface area contributed by atoms with Crippen LogP contribution in [0.5, 0.6) is 5.75 Å². The number of amides is 1. The second-order valence-electron chi connectivity index (χ2n) is 7.82. The van der Waals surface area contributed by atoms with Crippen LogP contribution in [-0.2, 0) is 0 Å². The van der Waals surface area contributed by atoms with E-state index >= 15 is 0 Å². The van der Waals surface area contributed by atoms with Crippen molar-refractivity contribution < 1.29 is 13.9 Å². The molecule has 2 saturated heterocycles. The summed E-state index contributed by atoms with van der Waals surface area (Å²) in [6, 6.07) is 5.33. The fourth-order valence-corrected chi connectivity index (χ4v) is 4.29. The lowest BCUT2D eigenvalue weighted by Crippen LogP contribution is -2.66. The average Bonchev–Trinajstić information content (AvgIpc) is 3.31. The van der Waals surface area contributed by atoms with E-state index in [4.69, 9.17) is 4.74 Å². The zero-order chi connectivity index (χ0) is 21.5. The molecule has 2 aromatic heterocycles. The Morgan fingerprint density at radius 1 is 1.23 bits per heavy atom. The molecule has 1 amide bonds. The van der Waals surface area contributed by atoms with E-state index < -0.39 is 5.82 Å². The summed E-state index contributed by atoms with van der Waals surface area (Å²) in [7, 11) is 1.57. The Kier molecular flexibility index (Phi) is 4.76. The molecule has 2 aliphatic heterocycles. The molecule has 2 aliphatic rings. The van der Waals surface area contributed by atoms with Crippen LogP contribution in [0.2, 0.25) is 0 Å². The highest BCUT2D eigenvalue weighted by Gasteiger charge is 2.46. The first kappa shape index (κ1) is 19.4. The number of halogens is 1. The number of hydrogen-bond donors (Lipinski definition) is 0.